The molecule has 1 amide bonds. The summed E-state index contributed by atoms with van der Waals surface area (Å²) >= 11 is 5.98. The molecule has 0 atom stereocenters. The minimum Gasteiger partial charge on any atom is -0.465 e. The van der Waals surface area contributed by atoms with Crippen molar-refractivity contribution in [2.45, 2.75) is 6.92 Å². The van der Waals surface area contributed by atoms with Gasteiger partial charge in [-0.15, -0.1) is 0 Å². The average Bonchev–Trinajstić information content (AvgIpc) is 2.71. The van der Waals surface area contributed by atoms with Gasteiger partial charge in [0.25, 0.3) is 5.91 Å². The van der Waals surface area contributed by atoms with E-state index in [4.69, 9.17) is 22.1 Å². The molecule has 0 heterocycles. The second kappa shape index (κ2) is 10.8. The third-order valence-corrected chi connectivity index (χ3v) is 4.84. The van der Waals surface area contributed by atoms with Gasteiger partial charge >= 0.3 is 5.97 Å². The maximum Gasteiger partial charge on any atom is 0.326 e. The standard InChI is InChI=1S/C22H29ClN4O3/c1-5-30-20(28)15-27(17-11-9-16(23)10-12-17)22(29)18-7-6-8-19(21(18)24)26(4)14-13-25(2)3/h6-12H,5,13-15,24H2,1-4H3. The smallest absolute Gasteiger partial charge is 0.326 e. The van der Waals surface area contributed by atoms with Crippen LogP contribution in [0.25, 0.3) is 0 Å². The van der Waals surface area contributed by atoms with E-state index < -0.39 is 5.97 Å². The van der Waals surface area contributed by atoms with Crippen LogP contribution in [-0.2, 0) is 9.53 Å². The number of amides is 1. The van der Waals surface area contributed by atoms with Crippen LogP contribution in [0.15, 0.2) is 42.5 Å². The molecule has 7 nitrogen and oxygen atoms in total. The molecule has 2 rings (SSSR count). The predicted molar refractivity (Wildman–Crippen MR) is 122 cm³/mol. The van der Waals surface area contributed by atoms with E-state index in [-0.39, 0.29) is 19.1 Å². The molecule has 0 bridgehead atoms. The zero-order valence-corrected chi connectivity index (χ0v) is 18.6. The van der Waals surface area contributed by atoms with Gasteiger partial charge in [-0.3, -0.25) is 14.5 Å². The second-order valence-electron chi connectivity index (χ2n) is 7.14. The first-order chi connectivity index (χ1) is 14.2. The van der Waals surface area contributed by atoms with Crippen molar-refractivity contribution >= 4 is 40.5 Å². The summed E-state index contributed by atoms with van der Waals surface area (Å²) in [5.41, 5.74) is 8.36. The Hall–Kier alpha value is -2.77. The molecule has 0 unspecified atom stereocenters. The molecule has 0 fully saturated rings. The van der Waals surface area contributed by atoms with E-state index >= 15 is 0 Å². The van der Waals surface area contributed by atoms with Gasteiger partial charge in [-0.2, -0.15) is 0 Å². The van der Waals surface area contributed by atoms with Crippen molar-refractivity contribution in [2.24, 2.45) is 0 Å². The van der Waals surface area contributed by atoms with E-state index in [1.54, 1.807) is 43.3 Å². The number of hydrogen-bond donors (Lipinski definition) is 1. The van der Waals surface area contributed by atoms with Gasteiger partial charge in [-0.05, 0) is 57.4 Å². The largest absolute Gasteiger partial charge is 0.465 e. The molecule has 30 heavy (non-hydrogen) atoms. The Labute approximate surface area is 182 Å². The van der Waals surface area contributed by atoms with Crippen LogP contribution in [0, 0.1) is 0 Å². The van der Waals surface area contributed by atoms with Crippen LogP contribution in [0.5, 0.6) is 0 Å². The van der Waals surface area contributed by atoms with Crippen LogP contribution in [0.4, 0.5) is 17.1 Å². The number of nitrogen functional groups attached to an aromatic ring is 1. The molecule has 0 saturated heterocycles. The van der Waals surface area contributed by atoms with E-state index in [1.165, 1.54) is 4.90 Å². The number of benzene rings is 2. The number of nitrogens with two attached hydrogens (primary N) is 1. The lowest BCUT2D eigenvalue weighted by molar-refractivity contribution is -0.141. The van der Waals surface area contributed by atoms with Crippen LogP contribution in [0.3, 0.4) is 0 Å². The number of anilines is 3. The van der Waals surface area contributed by atoms with Crippen LogP contribution in [-0.4, -0.2) is 64.2 Å². The van der Waals surface area contributed by atoms with Crippen molar-refractivity contribution in [3.8, 4) is 0 Å². The first kappa shape index (κ1) is 23.5. The predicted octanol–water partition coefficient (Wildman–Crippen LogP) is 3.13. The fourth-order valence-corrected chi connectivity index (χ4v) is 3.05. The van der Waals surface area contributed by atoms with Gasteiger partial charge in [0.15, 0.2) is 0 Å². The van der Waals surface area contributed by atoms with Crippen LogP contribution in [0.2, 0.25) is 5.02 Å². The zero-order chi connectivity index (χ0) is 22.3. The minimum absolute atomic E-state index is 0.228. The number of ether oxygens (including phenoxy) is 1. The van der Waals surface area contributed by atoms with Crippen LogP contribution in [0.1, 0.15) is 17.3 Å². The Bertz CT molecular complexity index is 871. The number of carbonyl (C=O) groups excluding carboxylic acids is 2. The number of rotatable bonds is 9. The maximum absolute atomic E-state index is 13.4. The molecule has 0 aliphatic heterocycles. The molecule has 0 spiro atoms. The van der Waals surface area contributed by atoms with Gasteiger partial charge < -0.3 is 20.3 Å². The molecule has 0 saturated carbocycles. The lowest BCUT2D eigenvalue weighted by Gasteiger charge is -2.26. The second-order valence-corrected chi connectivity index (χ2v) is 7.57. The maximum atomic E-state index is 13.4. The van der Waals surface area contributed by atoms with Gasteiger partial charge in [-0.25, -0.2) is 0 Å². The molecule has 2 N–H and O–H groups in total. The summed E-state index contributed by atoms with van der Waals surface area (Å²) in [6.45, 7) is 3.31. The molecule has 0 aliphatic carbocycles. The van der Waals surface area contributed by atoms with E-state index in [0.29, 0.717) is 22.0 Å². The number of hydrogen-bond acceptors (Lipinski definition) is 6. The quantitative estimate of drug-likeness (QED) is 0.484. The SMILES string of the molecule is CCOC(=O)CN(C(=O)c1cccc(N(C)CCN(C)C)c1N)c1ccc(Cl)cc1. The normalized spacial score (nSPS) is 10.7. The van der Waals surface area contributed by atoms with E-state index in [1.807, 2.05) is 32.1 Å². The summed E-state index contributed by atoms with van der Waals surface area (Å²) in [5, 5.41) is 0.534. The fourth-order valence-electron chi connectivity index (χ4n) is 2.93. The lowest BCUT2D eigenvalue weighted by atomic mass is 10.1. The Morgan fingerprint density at radius 1 is 1.03 bits per heavy atom. The van der Waals surface area contributed by atoms with Crippen LogP contribution < -0.4 is 15.5 Å². The summed E-state index contributed by atoms with van der Waals surface area (Å²) in [5.74, 6) is -0.885. The number of nitrogens with zero attached hydrogens (tertiary/aromatic N) is 3. The zero-order valence-electron chi connectivity index (χ0n) is 17.9. The summed E-state index contributed by atoms with van der Waals surface area (Å²) in [6.07, 6.45) is 0. The number of esters is 1. The van der Waals surface area contributed by atoms with Crippen molar-refractivity contribution in [3.63, 3.8) is 0 Å². The number of para-hydroxylation sites is 1. The highest BCUT2D eigenvalue weighted by Crippen LogP contribution is 2.29. The summed E-state index contributed by atoms with van der Waals surface area (Å²) < 4.78 is 5.05. The Balaban J connectivity index is 2.38. The first-order valence-corrected chi connectivity index (χ1v) is 10.1. The highest BCUT2D eigenvalue weighted by atomic mass is 35.5. The Kier molecular flexibility index (Phi) is 8.50. The third-order valence-electron chi connectivity index (χ3n) is 4.58. The van der Waals surface area contributed by atoms with Gasteiger partial charge in [0, 0.05) is 30.8 Å². The highest BCUT2D eigenvalue weighted by Gasteiger charge is 2.24. The highest BCUT2D eigenvalue weighted by molar-refractivity contribution is 6.30. The van der Waals surface area contributed by atoms with Gasteiger partial charge in [0.1, 0.15) is 6.54 Å². The molecule has 2 aromatic rings. The molecule has 0 radical (unpaired) electrons. The van der Waals surface area contributed by atoms with Gasteiger partial charge in [0.05, 0.1) is 23.5 Å². The van der Waals surface area contributed by atoms with Gasteiger partial charge in [0.2, 0.25) is 0 Å². The Morgan fingerprint density at radius 2 is 1.70 bits per heavy atom. The van der Waals surface area contributed by atoms with Crippen molar-refractivity contribution in [1.82, 2.24) is 4.90 Å². The molecule has 8 heteroatoms. The van der Waals surface area contributed by atoms with E-state index in [0.717, 1.165) is 18.8 Å². The Morgan fingerprint density at radius 3 is 2.30 bits per heavy atom. The first-order valence-electron chi connectivity index (χ1n) is 9.72. The average molecular weight is 433 g/mol. The molecule has 0 aromatic heterocycles. The topological polar surface area (TPSA) is 79.1 Å². The summed E-state index contributed by atoms with van der Waals surface area (Å²) in [4.78, 5) is 31.0. The minimum atomic E-state index is -0.501. The molecule has 2 aromatic carbocycles. The lowest BCUT2D eigenvalue weighted by Crippen LogP contribution is -2.37. The molecular weight excluding hydrogens is 404 g/mol. The van der Waals surface area contributed by atoms with Crippen molar-refractivity contribution in [1.29, 1.82) is 0 Å². The summed E-state index contributed by atoms with van der Waals surface area (Å²) in [6, 6.07) is 12.0. The molecule has 0 aliphatic rings. The molecule has 162 valence electrons. The van der Waals surface area contributed by atoms with Crippen molar-refractivity contribution < 1.29 is 14.3 Å². The van der Waals surface area contributed by atoms with E-state index in [9.17, 15) is 9.59 Å². The van der Waals surface area contributed by atoms with Crippen molar-refractivity contribution in [3.05, 3.63) is 53.1 Å². The summed E-state index contributed by atoms with van der Waals surface area (Å²) in [7, 11) is 5.92. The van der Waals surface area contributed by atoms with E-state index in [2.05, 4.69) is 4.90 Å². The number of carbonyl (C=O) groups is 2. The van der Waals surface area contributed by atoms with Crippen LogP contribution >= 0.6 is 11.6 Å². The monoisotopic (exact) mass is 432 g/mol. The fraction of sp³-hybridized carbons (Fsp3) is 0.364. The molecular formula is C22H29ClN4O3. The van der Waals surface area contributed by atoms with Gasteiger partial charge in [-0.1, -0.05) is 17.7 Å². The number of halogens is 1. The van der Waals surface area contributed by atoms with Crippen molar-refractivity contribution in [2.75, 3.05) is 62.9 Å². The third kappa shape index (κ3) is 6.11. The number of likely N-dealkylation sites (N-methyl/N-ethyl adjacent to an activating group) is 2.